The lowest BCUT2D eigenvalue weighted by Crippen LogP contribution is -2.13. The van der Waals surface area contributed by atoms with E-state index in [1.54, 1.807) is 0 Å². The quantitative estimate of drug-likeness (QED) is 0.330. The number of nitrogens with one attached hydrogen (secondary N) is 1. The second-order valence-electron chi connectivity index (χ2n) is 7.40. The van der Waals surface area contributed by atoms with Gasteiger partial charge in [-0.15, -0.1) is 6.58 Å². The molecule has 2 atom stereocenters. The first-order valence-electron chi connectivity index (χ1n) is 10.1. The second-order valence-corrected chi connectivity index (χ2v) is 7.40. The summed E-state index contributed by atoms with van der Waals surface area (Å²) in [6, 6.07) is 16.6. The molecule has 0 saturated carbocycles. The highest BCUT2D eigenvalue weighted by Gasteiger charge is 2.26. The first-order valence-corrected chi connectivity index (χ1v) is 10.1. The number of benzene rings is 2. The van der Waals surface area contributed by atoms with Gasteiger partial charge in [0.25, 0.3) is 0 Å². The molecule has 1 N–H and O–H groups in total. The minimum absolute atomic E-state index is 0.122. The first kappa shape index (κ1) is 19.1. The number of hydrogen-bond donors (Lipinski definition) is 1. The Kier molecular flexibility index (Phi) is 5.26. The standard InChI is InChI=1S/C25H26N2O2/c1-4-17(3)25(20-14-26-22-12-8-6-10-18(20)22)21-15-27(16-24(28)29-5-2)23-13-9-7-11-19(21)23/h4,6-15,17,25-26H,1,5,16H2,2-3H3. The molecule has 148 valence electrons. The van der Waals surface area contributed by atoms with Crippen LogP contribution in [-0.2, 0) is 16.1 Å². The highest BCUT2D eigenvalue weighted by molar-refractivity contribution is 5.89. The lowest BCUT2D eigenvalue weighted by molar-refractivity contribution is -0.143. The number of aromatic amines is 1. The number of carbonyl (C=O) groups excluding carboxylic acids is 1. The van der Waals surface area contributed by atoms with Gasteiger partial charge in [0.1, 0.15) is 6.54 Å². The Balaban J connectivity index is 1.89. The fourth-order valence-corrected chi connectivity index (χ4v) is 4.22. The third-order valence-electron chi connectivity index (χ3n) is 5.61. The van der Waals surface area contributed by atoms with Crippen molar-refractivity contribution in [2.45, 2.75) is 26.3 Å². The van der Waals surface area contributed by atoms with E-state index in [-0.39, 0.29) is 24.3 Å². The molecule has 2 aromatic carbocycles. The van der Waals surface area contributed by atoms with Crippen LogP contribution in [0.5, 0.6) is 0 Å². The summed E-state index contributed by atoms with van der Waals surface area (Å²) in [5.74, 6) is 0.119. The summed E-state index contributed by atoms with van der Waals surface area (Å²) in [6.07, 6.45) is 6.21. The van der Waals surface area contributed by atoms with Crippen molar-refractivity contribution < 1.29 is 9.53 Å². The topological polar surface area (TPSA) is 47.0 Å². The van der Waals surface area contributed by atoms with E-state index >= 15 is 0 Å². The van der Waals surface area contributed by atoms with Crippen LogP contribution >= 0.6 is 0 Å². The highest BCUT2D eigenvalue weighted by Crippen LogP contribution is 2.40. The van der Waals surface area contributed by atoms with Gasteiger partial charge in [0.05, 0.1) is 6.61 Å². The van der Waals surface area contributed by atoms with Crippen LogP contribution in [0.4, 0.5) is 0 Å². The fourth-order valence-electron chi connectivity index (χ4n) is 4.22. The molecule has 0 aliphatic rings. The minimum Gasteiger partial charge on any atom is -0.465 e. The molecule has 4 aromatic rings. The first-order chi connectivity index (χ1) is 14.1. The van der Waals surface area contributed by atoms with E-state index in [1.165, 1.54) is 16.5 Å². The molecule has 0 amide bonds. The van der Waals surface area contributed by atoms with Gasteiger partial charge in [-0.3, -0.25) is 4.79 Å². The number of fused-ring (bicyclic) bond motifs is 2. The van der Waals surface area contributed by atoms with Crippen LogP contribution in [-0.4, -0.2) is 22.1 Å². The van der Waals surface area contributed by atoms with E-state index in [9.17, 15) is 4.79 Å². The molecule has 2 aromatic heterocycles. The van der Waals surface area contributed by atoms with Crippen molar-refractivity contribution in [1.29, 1.82) is 0 Å². The molecular weight excluding hydrogens is 360 g/mol. The molecule has 0 saturated heterocycles. The lowest BCUT2D eigenvalue weighted by atomic mass is 9.81. The third-order valence-corrected chi connectivity index (χ3v) is 5.61. The molecule has 0 aliphatic carbocycles. The van der Waals surface area contributed by atoms with Gasteiger partial charge in [-0.2, -0.15) is 0 Å². The van der Waals surface area contributed by atoms with Crippen molar-refractivity contribution in [2.24, 2.45) is 5.92 Å². The van der Waals surface area contributed by atoms with Gasteiger partial charge in [0.2, 0.25) is 0 Å². The monoisotopic (exact) mass is 386 g/mol. The predicted octanol–water partition coefficient (Wildman–Crippen LogP) is 5.64. The SMILES string of the molecule is C=CC(C)C(c1c[nH]c2ccccc12)c1cn(CC(=O)OCC)c2ccccc12. The predicted molar refractivity (Wildman–Crippen MR) is 118 cm³/mol. The molecule has 0 aliphatic heterocycles. The van der Waals surface area contributed by atoms with Crippen LogP contribution < -0.4 is 0 Å². The molecular formula is C25H26N2O2. The fraction of sp³-hybridized carbons (Fsp3) is 0.240. The van der Waals surface area contributed by atoms with Gasteiger partial charge in [0, 0.05) is 40.1 Å². The minimum atomic E-state index is -0.222. The molecule has 0 bridgehead atoms. The molecule has 4 heteroatoms. The molecule has 0 fully saturated rings. The number of aromatic nitrogens is 2. The van der Waals surface area contributed by atoms with Gasteiger partial charge >= 0.3 is 5.97 Å². The number of rotatable bonds is 7. The Morgan fingerprint density at radius 3 is 2.62 bits per heavy atom. The van der Waals surface area contributed by atoms with E-state index in [4.69, 9.17) is 4.74 Å². The van der Waals surface area contributed by atoms with Gasteiger partial charge < -0.3 is 14.3 Å². The molecule has 0 spiro atoms. The van der Waals surface area contributed by atoms with E-state index in [0.717, 1.165) is 16.4 Å². The maximum absolute atomic E-state index is 12.2. The zero-order chi connectivity index (χ0) is 20.4. The Hall–Kier alpha value is -3.27. The maximum atomic E-state index is 12.2. The highest BCUT2D eigenvalue weighted by atomic mass is 16.5. The molecule has 29 heavy (non-hydrogen) atoms. The van der Waals surface area contributed by atoms with Crippen LogP contribution in [0.2, 0.25) is 0 Å². The lowest BCUT2D eigenvalue weighted by Gasteiger charge is -2.21. The smallest absolute Gasteiger partial charge is 0.325 e. The number of H-pyrrole nitrogens is 1. The summed E-state index contributed by atoms with van der Waals surface area (Å²) in [5, 5.41) is 2.37. The van der Waals surface area contributed by atoms with Gasteiger partial charge in [-0.05, 0) is 36.1 Å². The van der Waals surface area contributed by atoms with Crippen LogP contribution in [0.3, 0.4) is 0 Å². The summed E-state index contributed by atoms with van der Waals surface area (Å²) >= 11 is 0. The number of ether oxygens (including phenoxy) is 1. The van der Waals surface area contributed by atoms with Crippen molar-refractivity contribution in [3.8, 4) is 0 Å². The zero-order valence-electron chi connectivity index (χ0n) is 16.9. The summed E-state index contributed by atoms with van der Waals surface area (Å²) < 4.78 is 7.18. The van der Waals surface area contributed by atoms with Crippen molar-refractivity contribution in [3.63, 3.8) is 0 Å². The Labute approximate surface area is 170 Å². The Bertz CT molecular complexity index is 1170. The zero-order valence-corrected chi connectivity index (χ0v) is 16.9. The third kappa shape index (κ3) is 3.46. The molecule has 4 nitrogen and oxygen atoms in total. The number of allylic oxidation sites excluding steroid dienone is 1. The van der Waals surface area contributed by atoms with Crippen molar-refractivity contribution in [3.05, 3.63) is 84.7 Å². The molecule has 4 rings (SSSR count). The number of nitrogens with zero attached hydrogens (tertiary/aromatic N) is 1. The van der Waals surface area contributed by atoms with Gasteiger partial charge in [-0.25, -0.2) is 0 Å². The van der Waals surface area contributed by atoms with Gasteiger partial charge in [-0.1, -0.05) is 49.4 Å². The molecule has 0 radical (unpaired) electrons. The Morgan fingerprint density at radius 2 is 1.86 bits per heavy atom. The maximum Gasteiger partial charge on any atom is 0.325 e. The van der Waals surface area contributed by atoms with Crippen molar-refractivity contribution in [2.75, 3.05) is 6.61 Å². The van der Waals surface area contributed by atoms with Crippen molar-refractivity contribution >= 4 is 27.8 Å². The summed E-state index contributed by atoms with van der Waals surface area (Å²) in [7, 11) is 0. The van der Waals surface area contributed by atoms with Crippen LogP contribution in [0.25, 0.3) is 21.8 Å². The number of esters is 1. The number of hydrogen-bond acceptors (Lipinski definition) is 2. The van der Waals surface area contributed by atoms with Crippen LogP contribution in [0.1, 0.15) is 30.9 Å². The number of para-hydroxylation sites is 2. The summed E-state index contributed by atoms with van der Waals surface area (Å²) in [5.41, 5.74) is 4.60. The summed E-state index contributed by atoms with van der Waals surface area (Å²) in [4.78, 5) is 15.6. The van der Waals surface area contributed by atoms with Gasteiger partial charge in [0.15, 0.2) is 0 Å². The second kappa shape index (κ2) is 8.00. The molecule has 2 heterocycles. The largest absolute Gasteiger partial charge is 0.465 e. The average Bonchev–Trinajstić information content (AvgIpc) is 3.31. The average molecular weight is 386 g/mol. The van der Waals surface area contributed by atoms with Crippen LogP contribution in [0, 0.1) is 5.92 Å². The number of carbonyl (C=O) groups is 1. The Morgan fingerprint density at radius 1 is 1.14 bits per heavy atom. The molecule has 2 unspecified atom stereocenters. The van der Waals surface area contributed by atoms with E-state index in [0.29, 0.717) is 6.61 Å². The van der Waals surface area contributed by atoms with Crippen molar-refractivity contribution in [1.82, 2.24) is 9.55 Å². The van der Waals surface area contributed by atoms with Crippen LogP contribution in [0.15, 0.2) is 73.6 Å². The summed E-state index contributed by atoms with van der Waals surface area (Å²) in [6.45, 7) is 8.68. The van der Waals surface area contributed by atoms with E-state index in [2.05, 4.69) is 61.2 Å². The normalized spacial score (nSPS) is 13.4. The van der Waals surface area contributed by atoms with E-state index in [1.807, 2.05) is 35.8 Å². The van der Waals surface area contributed by atoms with E-state index < -0.39 is 0 Å².